The summed E-state index contributed by atoms with van der Waals surface area (Å²) in [5.74, 6) is 2.13. The van der Waals surface area contributed by atoms with Gasteiger partial charge in [-0.2, -0.15) is 0 Å². The lowest BCUT2D eigenvalue weighted by molar-refractivity contribution is -0.384. The summed E-state index contributed by atoms with van der Waals surface area (Å²) in [6.07, 6.45) is 0. The molecule has 0 aliphatic carbocycles. The van der Waals surface area contributed by atoms with Crippen LogP contribution in [0.15, 0.2) is 36.4 Å². The lowest BCUT2D eigenvalue weighted by Crippen LogP contribution is -2.45. The number of nitro groups is 1. The molecule has 0 atom stereocenters. The molecule has 1 saturated heterocycles. The maximum absolute atomic E-state index is 10.8. The number of benzene rings is 2. The van der Waals surface area contributed by atoms with Crippen molar-refractivity contribution in [1.82, 2.24) is 9.80 Å². The Morgan fingerprint density at radius 1 is 1.00 bits per heavy atom. The summed E-state index contributed by atoms with van der Waals surface area (Å²) in [6.45, 7) is 5.71. The summed E-state index contributed by atoms with van der Waals surface area (Å²) in [5, 5.41) is 10.8. The van der Waals surface area contributed by atoms with Crippen LogP contribution < -0.4 is 14.2 Å². The summed E-state index contributed by atoms with van der Waals surface area (Å²) >= 11 is 0. The fourth-order valence-electron chi connectivity index (χ4n) is 3.62. The number of methoxy groups -OCH3 is 1. The van der Waals surface area contributed by atoms with Crippen LogP contribution in [0.4, 0.5) is 5.69 Å². The molecule has 4 rings (SSSR count). The van der Waals surface area contributed by atoms with Crippen LogP contribution >= 0.6 is 0 Å². The molecule has 0 amide bonds. The predicted molar refractivity (Wildman–Crippen MR) is 103 cm³/mol. The molecule has 28 heavy (non-hydrogen) atoms. The summed E-state index contributed by atoms with van der Waals surface area (Å²) in [6, 6.07) is 10.8. The number of nitro benzene ring substituents is 1. The van der Waals surface area contributed by atoms with E-state index in [-0.39, 0.29) is 17.4 Å². The van der Waals surface area contributed by atoms with Gasteiger partial charge in [0.1, 0.15) is 0 Å². The Balaban J connectivity index is 1.31. The number of fused-ring (bicyclic) bond motifs is 1. The van der Waals surface area contributed by atoms with E-state index in [2.05, 4.69) is 9.80 Å². The van der Waals surface area contributed by atoms with E-state index in [0.717, 1.165) is 56.1 Å². The highest BCUT2D eigenvalue weighted by Crippen LogP contribution is 2.42. The summed E-state index contributed by atoms with van der Waals surface area (Å²) in [4.78, 5) is 15.2. The van der Waals surface area contributed by atoms with Gasteiger partial charge in [-0.15, -0.1) is 0 Å². The quantitative estimate of drug-likeness (QED) is 0.559. The highest BCUT2D eigenvalue weighted by molar-refractivity contribution is 5.55. The number of rotatable bonds is 6. The van der Waals surface area contributed by atoms with Gasteiger partial charge in [0.05, 0.1) is 12.0 Å². The fraction of sp³-hybridized carbons (Fsp3) is 0.400. The van der Waals surface area contributed by atoms with Crippen LogP contribution in [0.2, 0.25) is 0 Å². The van der Waals surface area contributed by atoms with Crippen molar-refractivity contribution in [2.45, 2.75) is 13.1 Å². The summed E-state index contributed by atoms with van der Waals surface area (Å²) < 4.78 is 16.4. The maximum Gasteiger partial charge on any atom is 0.269 e. The van der Waals surface area contributed by atoms with Gasteiger partial charge in [0.15, 0.2) is 11.5 Å². The van der Waals surface area contributed by atoms with Gasteiger partial charge in [-0.1, -0.05) is 12.1 Å². The smallest absolute Gasteiger partial charge is 0.269 e. The zero-order chi connectivity index (χ0) is 19.5. The Hall–Kier alpha value is -2.84. The van der Waals surface area contributed by atoms with Gasteiger partial charge in [0, 0.05) is 51.4 Å². The van der Waals surface area contributed by atoms with E-state index < -0.39 is 0 Å². The second-order valence-electron chi connectivity index (χ2n) is 7.01. The highest BCUT2D eigenvalue weighted by Gasteiger charge is 2.22. The van der Waals surface area contributed by atoms with Gasteiger partial charge in [0.2, 0.25) is 12.5 Å². The Bertz CT molecular complexity index is 848. The van der Waals surface area contributed by atoms with E-state index in [0.29, 0.717) is 11.5 Å². The van der Waals surface area contributed by atoms with E-state index in [1.165, 1.54) is 0 Å². The molecule has 0 saturated carbocycles. The second kappa shape index (κ2) is 8.04. The van der Waals surface area contributed by atoms with Crippen LogP contribution in [-0.2, 0) is 13.1 Å². The molecular weight excluding hydrogens is 362 g/mol. The van der Waals surface area contributed by atoms with Gasteiger partial charge in [0.25, 0.3) is 5.69 Å². The zero-order valence-electron chi connectivity index (χ0n) is 15.8. The standard InChI is InChI=1S/C20H23N3O5/c1-26-18-10-16(11-19-20(18)28-14-27-19)13-22-8-6-21(7-9-22)12-15-2-4-17(5-3-15)23(24)25/h2-5,10-11H,6-9,12-14H2,1H3. The van der Waals surface area contributed by atoms with E-state index >= 15 is 0 Å². The molecule has 8 heteroatoms. The zero-order valence-corrected chi connectivity index (χ0v) is 15.8. The van der Waals surface area contributed by atoms with Crippen LogP contribution in [-0.4, -0.2) is 54.8 Å². The predicted octanol–water partition coefficient (Wildman–Crippen LogP) is 2.65. The van der Waals surface area contributed by atoms with Gasteiger partial charge in [-0.3, -0.25) is 19.9 Å². The molecule has 148 valence electrons. The SMILES string of the molecule is COc1cc(CN2CCN(Cc3ccc([N+](=O)[O-])cc3)CC2)cc2c1OCO2. The average molecular weight is 385 g/mol. The van der Waals surface area contributed by atoms with Crippen molar-refractivity contribution in [3.63, 3.8) is 0 Å². The largest absolute Gasteiger partial charge is 0.493 e. The number of hydrogen-bond acceptors (Lipinski definition) is 7. The lowest BCUT2D eigenvalue weighted by atomic mass is 10.1. The third-order valence-electron chi connectivity index (χ3n) is 5.14. The van der Waals surface area contributed by atoms with Crippen molar-refractivity contribution >= 4 is 5.69 Å². The lowest BCUT2D eigenvalue weighted by Gasteiger charge is -2.34. The molecule has 2 aromatic rings. The van der Waals surface area contributed by atoms with Crippen molar-refractivity contribution in [1.29, 1.82) is 0 Å². The van der Waals surface area contributed by atoms with Crippen LogP contribution in [0.5, 0.6) is 17.2 Å². The molecule has 1 fully saturated rings. The first-order valence-corrected chi connectivity index (χ1v) is 9.27. The van der Waals surface area contributed by atoms with Gasteiger partial charge < -0.3 is 14.2 Å². The molecule has 2 aromatic carbocycles. The molecule has 2 aliphatic heterocycles. The third-order valence-corrected chi connectivity index (χ3v) is 5.14. The monoisotopic (exact) mass is 385 g/mol. The van der Waals surface area contributed by atoms with Crippen molar-refractivity contribution in [3.8, 4) is 17.2 Å². The number of hydrogen-bond donors (Lipinski definition) is 0. The van der Waals surface area contributed by atoms with Crippen LogP contribution in [0.1, 0.15) is 11.1 Å². The summed E-state index contributed by atoms with van der Waals surface area (Å²) in [7, 11) is 1.64. The number of nitrogens with zero attached hydrogens (tertiary/aromatic N) is 3. The minimum Gasteiger partial charge on any atom is -0.493 e. The van der Waals surface area contributed by atoms with Crippen LogP contribution in [0.3, 0.4) is 0 Å². The normalized spacial score (nSPS) is 16.9. The second-order valence-corrected chi connectivity index (χ2v) is 7.01. The molecule has 0 aromatic heterocycles. The van der Waals surface area contributed by atoms with Gasteiger partial charge in [-0.05, 0) is 23.3 Å². The fourth-order valence-corrected chi connectivity index (χ4v) is 3.62. The van der Waals surface area contributed by atoms with E-state index in [1.54, 1.807) is 19.2 Å². The Morgan fingerprint density at radius 3 is 2.25 bits per heavy atom. The van der Waals surface area contributed by atoms with E-state index in [1.807, 2.05) is 24.3 Å². The maximum atomic E-state index is 10.8. The molecule has 0 bridgehead atoms. The van der Waals surface area contributed by atoms with Crippen molar-refractivity contribution < 1.29 is 19.1 Å². The van der Waals surface area contributed by atoms with E-state index in [9.17, 15) is 10.1 Å². The summed E-state index contributed by atoms with van der Waals surface area (Å²) in [5.41, 5.74) is 2.37. The Morgan fingerprint density at radius 2 is 1.64 bits per heavy atom. The Labute approximate surface area is 163 Å². The number of piperazine rings is 1. The number of non-ortho nitro benzene ring substituents is 1. The molecular formula is C20H23N3O5. The number of ether oxygens (including phenoxy) is 3. The minimum absolute atomic E-state index is 0.132. The first-order valence-electron chi connectivity index (χ1n) is 9.27. The third kappa shape index (κ3) is 4.02. The highest BCUT2D eigenvalue weighted by atomic mass is 16.7. The first-order chi connectivity index (χ1) is 13.6. The van der Waals surface area contributed by atoms with Crippen molar-refractivity contribution in [2.75, 3.05) is 40.1 Å². The van der Waals surface area contributed by atoms with Gasteiger partial charge in [-0.25, -0.2) is 0 Å². The first kappa shape index (κ1) is 18.5. The van der Waals surface area contributed by atoms with Crippen molar-refractivity contribution in [2.24, 2.45) is 0 Å². The van der Waals surface area contributed by atoms with Crippen LogP contribution in [0, 0.1) is 10.1 Å². The molecule has 2 aliphatic rings. The molecule has 0 unspecified atom stereocenters. The van der Waals surface area contributed by atoms with Crippen LogP contribution in [0.25, 0.3) is 0 Å². The molecule has 0 spiro atoms. The van der Waals surface area contributed by atoms with Crippen molar-refractivity contribution in [3.05, 3.63) is 57.6 Å². The molecule has 0 N–H and O–H groups in total. The molecule has 2 heterocycles. The Kier molecular flexibility index (Phi) is 5.31. The molecule has 0 radical (unpaired) electrons. The topological polar surface area (TPSA) is 77.3 Å². The molecule has 8 nitrogen and oxygen atoms in total. The average Bonchev–Trinajstić information content (AvgIpc) is 3.18. The van der Waals surface area contributed by atoms with Gasteiger partial charge >= 0.3 is 0 Å². The van der Waals surface area contributed by atoms with E-state index in [4.69, 9.17) is 14.2 Å². The minimum atomic E-state index is -0.367.